The number of carbonyl (C=O) groups is 2. The van der Waals surface area contributed by atoms with Crippen molar-refractivity contribution in [2.45, 2.75) is 65.5 Å². The van der Waals surface area contributed by atoms with E-state index < -0.39 is 6.04 Å². The molecule has 162 valence electrons. The number of halogens is 1. The lowest BCUT2D eigenvalue weighted by Gasteiger charge is -2.29. The highest BCUT2D eigenvalue weighted by Crippen LogP contribution is 2.16. The Morgan fingerprint density at radius 1 is 1.03 bits per heavy atom. The summed E-state index contributed by atoms with van der Waals surface area (Å²) in [5.41, 5.74) is 2.74. The van der Waals surface area contributed by atoms with Crippen molar-refractivity contribution in [3.63, 3.8) is 0 Å². The molecule has 1 N–H and O–H groups in total. The van der Waals surface area contributed by atoms with E-state index in [1.165, 1.54) is 16.5 Å². The maximum absolute atomic E-state index is 14.2. The van der Waals surface area contributed by atoms with Gasteiger partial charge in [-0.15, -0.1) is 0 Å². The van der Waals surface area contributed by atoms with Crippen molar-refractivity contribution in [3.8, 4) is 0 Å². The molecule has 2 rings (SSSR count). The molecule has 5 heteroatoms. The van der Waals surface area contributed by atoms with Crippen LogP contribution >= 0.6 is 0 Å². The zero-order valence-corrected chi connectivity index (χ0v) is 18.3. The molecule has 2 aromatic rings. The van der Waals surface area contributed by atoms with Crippen molar-refractivity contribution in [2.24, 2.45) is 0 Å². The molecular weight excluding hydrogens is 379 g/mol. The van der Waals surface area contributed by atoms with Crippen LogP contribution in [0.5, 0.6) is 0 Å². The van der Waals surface area contributed by atoms with Crippen molar-refractivity contribution in [3.05, 3.63) is 71.0 Å². The minimum absolute atomic E-state index is 0.0721. The highest BCUT2D eigenvalue weighted by molar-refractivity contribution is 5.87. The standard InChI is InChI=1S/C25H33FN2O2/c1-4-6-17-27-25(30)19(3)28(18-22-9-7-8-10-23(22)26)24(29)16-15-21-13-11-20(5-2)12-14-21/h7-14,19H,4-6,15-18H2,1-3H3,(H,27,30). The van der Waals surface area contributed by atoms with E-state index in [1.54, 1.807) is 25.1 Å². The van der Waals surface area contributed by atoms with Gasteiger partial charge in [0.05, 0.1) is 0 Å². The summed E-state index contributed by atoms with van der Waals surface area (Å²) in [5, 5.41) is 2.88. The van der Waals surface area contributed by atoms with Crippen LogP contribution in [0.2, 0.25) is 0 Å². The fourth-order valence-corrected chi connectivity index (χ4v) is 3.27. The molecule has 0 bridgehead atoms. The monoisotopic (exact) mass is 412 g/mol. The Morgan fingerprint density at radius 2 is 1.70 bits per heavy atom. The fourth-order valence-electron chi connectivity index (χ4n) is 3.27. The second-order valence-electron chi connectivity index (χ2n) is 7.60. The largest absolute Gasteiger partial charge is 0.354 e. The molecule has 0 spiro atoms. The quantitative estimate of drug-likeness (QED) is 0.546. The van der Waals surface area contributed by atoms with Crippen LogP contribution in [-0.2, 0) is 29.0 Å². The molecule has 0 saturated carbocycles. The van der Waals surface area contributed by atoms with Crippen molar-refractivity contribution >= 4 is 11.8 Å². The number of aryl methyl sites for hydroxylation is 2. The Balaban J connectivity index is 2.10. The highest BCUT2D eigenvalue weighted by atomic mass is 19.1. The lowest BCUT2D eigenvalue weighted by molar-refractivity contribution is -0.140. The van der Waals surface area contributed by atoms with Crippen LogP contribution in [0.15, 0.2) is 48.5 Å². The first-order chi connectivity index (χ1) is 14.5. The van der Waals surface area contributed by atoms with Gasteiger partial charge in [0.15, 0.2) is 0 Å². The van der Waals surface area contributed by atoms with E-state index in [0.717, 1.165) is 24.8 Å². The molecule has 0 aliphatic heterocycles. The van der Waals surface area contributed by atoms with E-state index in [1.807, 2.05) is 12.1 Å². The zero-order chi connectivity index (χ0) is 21.9. The molecule has 0 heterocycles. The van der Waals surface area contributed by atoms with Crippen LogP contribution in [0.25, 0.3) is 0 Å². The Bertz CT molecular complexity index is 820. The first kappa shape index (κ1) is 23.6. The van der Waals surface area contributed by atoms with Crippen LogP contribution < -0.4 is 5.32 Å². The molecule has 0 aliphatic rings. The number of hydrogen-bond acceptors (Lipinski definition) is 2. The van der Waals surface area contributed by atoms with Gasteiger partial charge in [-0.2, -0.15) is 0 Å². The average molecular weight is 413 g/mol. The van der Waals surface area contributed by atoms with E-state index in [9.17, 15) is 14.0 Å². The van der Waals surface area contributed by atoms with Crippen LogP contribution in [0.1, 0.15) is 56.7 Å². The van der Waals surface area contributed by atoms with Crippen LogP contribution in [0, 0.1) is 5.82 Å². The van der Waals surface area contributed by atoms with Gasteiger partial charge in [-0.1, -0.05) is 62.7 Å². The average Bonchev–Trinajstić information content (AvgIpc) is 2.77. The van der Waals surface area contributed by atoms with Crippen LogP contribution in [0.4, 0.5) is 4.39 Å². The lowest BCUT2D eigenvalue weighted by Crippen LogP contribution is -2.48. The summed E-state index contributed by atoms with van der Waals surface area (Å²) in [6.45, 7) is 6.51. The summed E-state index contributed by atoms with van der Waals surface area (Å²) in [7, 11) is 0. The van der Waals surface area contributed by atoms with Crippen molar-refractivity contribution < 1.29 is 14.0 Å². The van der Waals surface area contributed by atoms with Crippen LogP contribution in [0.3, 0.4) is 0 Å². The topological polar surface area (TPSA) is 49.4 Å². The summed E-state index contributed by atoms with van der Waals surface area (Å²) in [4.78, 5) is 27.1. The van der Waals surface area contributed by atoms with E-state index >= 15 is 0 Å². The molecular formula is C25H33FN2O2. The number of nitrogens with zero attached hydrogens (tertiary/aromatic N) is 1. The molecule has 1 atom stereocenters. The van der Waals surface area contributed by atoms with Crippen molar-refractivity contribution in [1.82, 2.24) is 10.2 Å². The van der Waals surface area contributed by atoms with Crippen molar-refractivity contribution in [2.75, 3.05) is 6.54 Å². The second-order valence-corrected chi connectivity index (χ2v) is 7.60. The highest BCUT2D eigenvalue weighted by Gasteiger charge is 2.26. The van der Waals surface area contributed by atoms with E-state index in [2.05, 4.69) is 31.3 Å². The normalized spacial score (nSPS) is 11.7. The summed E-state index contributed by atoms with van der Waals surface area (Å²) in [6, 6.07) is 13.9. The van der Waals surface area contributed by atoms with Gasteiger partial charge in [0.25, 0.3) is 0 Å². The molecule has 2 aromatic carbocycles. The number of unbranched alkanes of at least 4 members (excludes halogenated alkanes) is 1. The van der Waals surface area contributed by atoms with Gasteiger partial charge in [0, 0.05) is 25.1 Å². The maximum atomic E-state index is 14.2. The van der Waals surface area contributed by atoms with Gasteiger partial charge in [-0.05, 0) is 43.4 Å². The molecule has 0 aliphatic carbocycles. The van der Waals surface area contributed by atoms with E-state index in [0.29, 0.717) is 18.5 Å². The van der Waals surface area contributed by atoms with Gasteiger partial charge in [0.1, 0.15) is 11.9 Å². The molecule has 0 saturated heterocycles. The molecule has 0 fully saturated rings. The summed E-state index contributed by atoms with van der Waals surface area (Å²) in [5.74, 6) is -0.736. The summed E-state index contributed by atoms with van der Waals surface area (Å²) in [6.07, 6.45) is 3.68. The SMILES string of the molecule is CCCCNC(=O)C(C)N(Cc1ccccc1F)C(=O)CCc1ccc(CC)cc1. The van der Waals surface area contributed by atoms with Gasteiger partial charge in [-0.3, -0.25) is 9.59 Å². The van der Waals surface area contributed by atoms with Gasteiger partial charge in [0.2, 0.25) is 11.8 Å². The third kappa shape index (κ3) is 6.97. The molecule has 2 amide bonds. The number of rotatable bonds is 11. The van der Waals surface area contributed by atoms with Gasteiger partial charge in [-0.25, -0.2) is 4.39 Å². The molecule has 30 heavy (non-hydrogen) atoms. The Kier molecular flexibility index (Phi) is 9.52. The lowest BCUT2D eigenvalue weighted by atomic mass is 10.0. The Labute approximate surface area is 179 Å². The zero-order valence-electron chi connectivity index (χ0n) is 18.3. The first-order valence-electron chi connectivity index (χ1n) is 10.8. The van der Waals surface area contributed by atoms with E-state index in [4.69, 9.17) is 0 Å². The van der Waals surface area contributed by atoms with Crippen molar-refractivity contribution in [1.29, 1.82) is 0 Å². The Morgan fingerprint density at radius 3 is 2.33 bits per heavy atom. The molecule has 1 unspecified atom stereocenters. The van der Waals surface area contributed by atoms with Gasteiger partial charge >= 0.3 is 0 Å². The predicted octanol–water partition coefficient (Wildman–Crippen LogP) is 4.65. The predicted molar refractivity (Wildman–Crippen MR) is 118 cm³/mol. The summed E-state index contributed by atoms with van der Waals surface area (Å²) < 4.78 is 14.2. The third-order valence-electron chi connectivity index (χ3n) is 5.35. The van der Waals surface area contributed by atoms with E-state index in [-0.39, 0.29) is 30.6 Å². The van der Waals surface area contributed by atoms with Crippen LogP contribution in [-0.4, -0.2) is 29.3 Å². The fraction of sp³-hybridized carbons (Fsp3) is 0.440. The Hall–Kier alpha value is -2.69. The molecule has 4 nitrogen and oxygen atoms in total. The number of benzene rings is 2. The number of carbonyl (C=O) groups excluding carboxylic acids is 2. The number of hydrogen-bond donors (Lipinski definition) is 1. The molecule has 0 aromatic heterocycles. The third-order valence-corrected chi connectivity index (χ3v) is 5.35. The number of amides is 2. The minimum Gasteiger partial charge on any atom is -0.354 e. The van der Waals surface area contributed by atoms with Gasteiger partial charge < -0.3 is 10.2 Å². The maximum Gasteiger partial charge on any atom is 0.242 e. The second kappa shape index (κ2) is 12.1. The smallest absolute Gasteiger partial charge is 0.242 e. The minimum atomic E-state index is -0.670. The molecule has 0 radical (unpaired) electrons. The summed E-state index contributed by atoms with van der Waals surface area (Å²) >= 11 is 0. The first-order valence-corrected chi connectivity index (χ1v) is 10.8. The number of nitrogens with one attached hydrogen (secondary N) is 1.